The van der Waals surface area contributed by atoms with Gasteiger partial charge in [0.2, 0.25) is 5.91 Å². The number of nitrogens with one attached hydrogen (secondary N) is 1. The molecule has 1 aromatic rings. The predicted octanol–water partition coefficient (Wildman–Crippen LogP) is 2.19. The summed E-state index contributed by atoms with van der Waals surface area (Å²) in [6.07, 6.45) is 3.88. The van der Waals surface area contributed by atoms with Crippen molar-refractivity contribution < 1.29 is 14.7 Å². The van der Waals surface area contributed by atoms with Crippen molar-refractivity contribution in [1.82, 2.24) is 5.32 Å². The van der Waals surface area contributed by atoms with Crippen LogP contribution in [0.15, 0.2) is 17.5 Å². The van der Waals surface area contributed by atoms with Crippen LogP contribution in [0.4, 0.5) is 0 Å². The number of carbonyl (C=O) groups is 2. The number of carboxylic acids is 1. The molecule has 0 atom stereocenters. The van der Waals surface area contributed by atoms with E-state index in [9.17, 15) is 14.7 Å². The molecule has 1 heterocycles. The fourth-order valence-corrected chi connectivity index (χ4v) is 3.10. The molecule has 1 fully saturated rings. The number of thiophene rings is 1. The second-order valence-corrected chi connectivity index (χ2v) is 5.75. The fourth-order valence-electron chi connectivity index (χ4n) is 2.39. The van der Waals surface area contributed by atoms with Crippen molar-refractivity contribution in [2.24, 2.45) is 0 Å². The summed E-state index contributed by atoms with van der Waals surface area (Å²) < 4.78 is 0. The van der Waals surface area contributed by atoms with Gasteiger partial charge in [-0.1, -0.05) is 18.9 Å². The van der Waals surface area contributed by atoms with Gasteiger partial charge in [0.15, 0.2) is 0 Å². The highest BCUT2D eigenvalue weighted by molar-refractivity contribution is 7.09. The number of hydrogen-bond acceptors (Lipinski definition) is 3. The second-order valence-electron chi connectivity index (χ2n) is 4.72. The highest BCUT2D eigenvalue weighted by Crippen LogP contribution is 2.30. The zero-order valence-corrected chi connectivity index (χ0v) is 11.0. The van der Waals surface area contributed by atoms with Gasteiger partial charge in [-0.05, 0) is 30.7 Å². The van der Waals surface area contributed by atoms with E-state index < -0.39 is 11.5 Å². The molecule has 2 N–H and O–H groups in total. The van der Waals surface area contributed by atoms with E-state index in [0.29, 0.717) is 25.7 Å². The molecule has 1 aromatic heterocycles. The van der Waals surface area contributed by atoms with E-state index in [0.717, 1.165) is 17.7 Å². The average molecular weight is 267 g/mol. The van der Waals surface area contributed by atoms with Gasteiger partial charge in [-0.3, -0.25) is 4.79 Å². The summed E-state index contributed by atoms with van der Waals surface area (Å²) in [5.41, 5.74) is -1.01. The van der Waals surface area contributed by atoms with Crippen molar-refractivity contribution in [1.29, 1.82) is 0 Å². The van der Waals surface area contributed by atoms with Gasteiger partial charge in [-0.15, -0.1) is 11.3 Å². The molecule has 5 heteroatoms. The molecule has 0 saturated heterocycles. The van der Waals surface area contributed by atoms with Crippen molar-refractivity contribution >= 4 is 23.2 Å². The average Bonchev–Trinajstić information content (AvgIpc) is 2.97. The van der Waals surface area contributed by atoms with Crippen LogP contribution < -0.4 is 5.32 Å². The minimum atomic E-state index is -1.01. The SMILES string of the molecule is O=C(CCc1cccs1)NC1(C(=O)O)CCCC1. The first-order chi connectivity index (χ1) is 8.62. The second kappa shape index (κ2) is 5.52. The Morgan fingerprint density at radius 2 is 2.11 bits per heavy atom. The van der Waals surface area contributed by atoms with Crippen LogP contribution in [0.3, 0.4) is 0 Å². The summed E-state index contributed by atoms with van der Waals surface area (Å²) >= 11 is 1.62. The van der Waals surface area contributed by atoms with Crippen LogP contribution in [-0.2, 0) is 16.0 Å². The van der Waals surface area contributed by atoms with Gasteiger partial charge in [-0.2, -0.15) is 0 Å². The van der Waals surface area contributed by atoms with Gasteiger partial charge >= 0.3 is 5.97 Å². The summed E-state index contributed by atoms with van der Waals surface area (Å²) in [5.74, 6) is -1.06. The van der Waals surface area contributed by atoms with E-state index >= 15 is 0 Å². The maximum atomic E-state index is 11.8. The van der Waals surface area contributed by atoms with E-state index in [-0.39, 0.29) is 5.91 Å². The lowest BCUT2D eigenvalue weighted by molar-refractivity contribution is -0.147. The lowest BCUT2D eigenvalue weighted by Crippen LogP contribution is -2.52. The highest BCUT2D eigenvalue weighted by atomic mass is 32.1. The van der Waals surface area contributed by atoms with Crippen molar-refractivity contribution in [3.8, 4) is 0 Å². The summed E-state index contributed by atoms with van der Waals surface area (Å²) in [4.78, 5) is 24.3. The molecule has 0 spiro atoms. The van der Waals surface area contributed by atoms with Crippen LogP contribution in [0.5, 0.6) is 0 Å². The lowest BCUT2D eigenvalue weighted by Gasteiger charge is -2.25. The van der Waals surface area contributed by atoms with Crippen molar-refractivity contribution in [2.45, 2.75) is 44.1 Å². The third-order valence-corrected chi connectivity index (χ3v) is 4.36. The van der Waals surface area contributed by atoms with E-state index in [2.05, 4.69) is 5.32 Å². The number of aryl methyl sites for hydroxylation is 1. The highest BCUT2D eigenvalue weighted by Gasteiger charge is 2.42. The van der Waals surface area contributed by atoms with Gasteiger partial charge in [0, 0.05) is 11.3 Å². The zero-order valence-electron chi connectivity index (χ0n) is 10.1. The molecule has 1 amide bonds. The molecule has 18 heavy (non-hydrogen) atoms. The van der Waals surface area contributed by atoms with Crippen LogP contribution in [0.1, 0.15) is 37.0 Å². The van der Waals surface area contributed by atoms with Crippen LogP contribution in [0.2, 0.25) is 0 Å². The number of amides is 1. The maximum Gasteiger partial charge on any atom is 0.329 e. The van der Waals surface area contributed by atoms with Gasteiger partial charge in [0.05, 0.1) is 0 Å². The Morgan fingerprint density at radius 1 is 1.39 bits per heavy atom. The van der Waals surface area contributed by atoms with Crippen LogP contribution >= 0.6 is 11.3 Å². The predicted molar refractivity (Wildman–Crippen MR) is 69.6 cm³/mol. The Bertz CT molecular complexity index is 421. The Morgan fingerprint density at radius 3 is 2.67 bits per heavy atom. The molecular weight excluding hydrogens is 250 g/mol. The van der Waals surface area contributed by atoms with Gasteiger partial charge in [0.25, 0.3) is 0 Å². The van der Waals surface area contributed by atoms with Gasteiger partial charge < -0.3 is 10.4 Å². The Balaban J connectivity index is 1.88. The Labute approximate surface area is 110 Å². The zero-order chi connectivity index (χ0) is 13.0. The molecular formula is C13H17NO3S. The van der Waals surface area contributed by atoms with E-state index in [4.69, 9.17) is 0 Å². The number of carboxylic acid groups (broad SMARTS) is 1. The van der Waals surface area contributed by atoms with E-state index in [1.165, 1.54) is 0 Å². The summed E-state index contributed by atoms with van der Waals surface area (Å²) in [6.45, 7) is 0. The summed E-state index contributed by atoms with van der Waals surface area (Å²) in [7, 11) is 0. The molecule has 1 aliphatic carbocycles. The number of rotatable bonds is 5. The monoisotopic (exact) mass is 267 g/mol. The summed E-state index contributed by atoms with van der Waals surface area (Å²) in [5, 5.41) is 13.9. The number of aliphatic carboxylic acids is 1. The van der Waals surface area contributed by atoms with E-state index in [1.807, 2.05) is 17.5 Å². The molecule has 2 rings (SSSR count). The van der Waals surface area contributed by atoms with Crippen LogP contribution in [-0.4, -0.2) is 22.5 Å². The third kappa shape index (κ3) is 2.90. The molecule has 0 radical (unpaired) electrons. The molecule has 0 aliphatic heterocycles. The molecule has 98 valence electrons. The minimum Gasteiger partial charge on any atom is -0.480 e. The third-order valence-electron chi connectivity index (χ3n) is 3.42. The maximum absolute atomic E-state index is 11.8. The smallest absolute Gasteiger partial charge is 0.329 e. The minimum absolute atomic E-state index is 0.160. The van der Waals surface area contributed by atoms with Crippen molar-refractivity contribution in [3.05, 3.63) is 22.4 Å². The standard InChI is InChI=1S/C13H17NO3S/c15-11(6-5-10-4-3-9-18-10)14-13(12(16)17)7-1-2-8-13/h3-4,9H,1-2,5-8H2,(H,14,15)(H,16,17). The molecule has 0 aromatic carbocycles. The quantitative estimate of drug-likeness (QED) is 0.859. The number of carbonyl (C=O) groups excluding carboxylic acids is 1. The van der Waals surface area contributed by atoms with Crippen molar-refractivity contribution in [2.75, 3.05) is 0 Å². The van der Waals surface area contributed by atoms with Gasteiger partial charge in [-0.25, -0.2) is 4.79 Å². The van der Waals surface area contributed by atoms with E-state index in [1.54, 1.807) is 11.3 Å². The largest absolute Gasteiger partial charge is 0.480 e. The van der Waals surface area contributed by atoms with Crippen LogP contribution in [0.25, 0.3) is 0 Å². The molecule has 0 unspecified atom stereocenters. The molecule has 4 nitrogen and oxygen atoms in total. The Kier molecular flexibility index (Phi) is 4.01. The fraction of sp³-hybridized carbons (Fsp3) is 0.538. The lowest BCUT2D eigenvalue weighted by atomic mass is 9.97. The van der Waals surface area contributed by atoms with Crippen molar-refractivity contribution in [3.63, 3.8) is 0 Å². The van der Waals surface area contributed by atoms with Gasteiger partial charge in [0.1, 0.15) is 5.54 Å². The normalized spacial score (nSPS) is 17.6. The first-order valence-corrected chi connectivity index (χ1v) is 7.07. The molecule has 1 aliphatic rings. The first kappa shape index (κ1) is 13.1. The summed E-state index contributed by atoms with van der Waals surface area (Å²) in [6, 6.07) is 3.94. The first-order valence-electron chi connectivity index (χ1n) is 6.19. The molecule has 1 saturated carbocycles. The number of hydrogen-bond donors (Lipinski definition) is 2. The topological polar surface area (TPSA) is 66.4 Å². The molecule has 0 bridgehead atoms. The Hall–Kier alpha value is -1.36. The van der Waals surface area contributed by atoms with Crippen LogP contribution in [0, 0.1) is 0 Å².